The van der Waals surface area contributed by atoms with E-state index in [2.05, 4.69) is 4.90 Å². The molecule has 7 heteroatoms. The van der Waals surface area contributed by atoms with Crippen LogP contribution in [-0.2, 0) is 10.0 Å². The molecule has 1 heterocycles. The van der Waals surface area contributed by atoms with Gasteiger partial charge in [-0.05, 0) is 31.2 Å². The van der Waals surface area contributed by atoms with Crippen LogP contribution in [0.5, 0.6) is 0 Å². The van der Waals surface area contributed by atoms with Gasteiger partial charge in [-0.15, -0.1) is 0 Å². The van der Waals surface area contributed by atoms with Crippen LogP contribution >= 0.6 is 0 Å². The number of nitriles is 1. The van der Waals surface area contributed by atoms with Crippen LogP contribution < -0.4 is 0 Å². The molecule has 1 fully saturated rings. The molecule has 1 aliphatic rings. The van der Waals surface area contributed by atoms with Crippen molar-refractivity contribution in [2.45, 2.75) is 11.3 Å². The average molecular weight is 309 g/mol. The standard InChI is InChI=1S/C14H19N3O3S/c15-12-13-3-1-4-14(11-13)21(19,20)17-6-2-5-16(7-8-17)9-10-18/h1,3-4,11,18H,2,5-10H2. The summed E-state index contributed by atoms with van der Waals surface area (Å²) in [5, 5.41) is 17.9. The van der Waals surface area contributed by atoms with Crippen molar-refractivity contribution in [1.82, 2.24) is 9.21 Å². The molecular weight excluding hydrogens is 290 g/mol. The van der Waals surface area contributed by atoms with Crippen molar-refractivity contribution in [2.75, 3.05) is 39.3 Å². The van der Waals surface area contributed by atoms with Gasteiger partial charge in [0, 0.05) is 26.2 Å². The number of β-amino-alcohol motifs (C(OH)–C–C–N with tert-alkyl or cyclic N) is 1. The molecule has 0 unspecified atom stereocenters. The van der Waals surface area contributed by atoms with Gasteiger partial charge in [-0.3, -0.25) is 4.90 Å². The maximum atomic E-state index is 12.6. The van der Waals surface area contributed by atoms with Crippen molar-refractivity contribution < 1.29 is 13.5 Å². The van der Waals surface area contributed by atoms with E-state index in [1.807, 2.05) is 6.07 Å². The van der Waals surface area contributed by atoms with E-state index in [9.17, 15) is 8.42 Å². The van der Waals surface area contributed by atoms with Crippen LogP contribution in [-0.4, -0.2) is 62.1 Å². The summed E-state index contributed by atoms with van der Waals surface area (Å²) in [4.78, 5) is 2.22. The van der Waals surface area contributed by atoms with Gasteiger partial charge in [0.15, 0.2) is 0 Å². The first-order valence-corrected chi connectivity index (χ1v) is 8.35. The highest BCUT2D eigenvalue weighted by molar-refractivity contribution is 7.89. The van der Waals surface area contributed by atoms with E-state index in [0.717, 1.165) is 13.0 Å². The Kier molecular flexibility index (Phi) is 5.31. The molecule has 114 valence electrons. The predicted molar refractivity (Wildman–Crippen MR) is 78.1 cm³/mol. The van der Waals surface area contributed by atoms with E-state index < -0.39 is 10.0 Å². The topological polar surface area (TPSA) is 84.6 Å². The number of rotatable bonds is 4. The Morgan fingerprint density at radius 1 is 1.24 bits per heavy atom. The van der Waals surface area contributed by atoms with Crippen molar-refractivity contribution in [3.63, 3.8) is 0 Å². The minimum absolute atomic E-state index is 0.0803. The molecule has 6 nitrogen and oxygen atoms in total. The second kappa shape index (κ2) is 7.00. The first-order chi connectivity index (χ1) is 10.1. The lowest BCUT2D eigenvalue weighted by molar-refractivity contribution is 0.202. The number of hydrogen-bond donors (Lipinski definition) is 1. The molecular formula is C14H19N3O3S. The molecule has 0 radical (unpaired) electrons. The van der Waals surface area contributed by atoms with Gasteiger partial charge in [-0.1, -0.05) is 6.07 Å². The molecule has 1 saturated heterocycles. The normalized spacial score (nSPS) is 18.1. The van der Waals surface area contributed by atoms with Crippen molar-refractivity contribution >= 4 is 10.0 Å². The van der Waals surface area contributed by atoms with E-state index in [4.69, 9.17) is 10.4 Å². The highest BCUT2D eigenvalue weighted by Crippen LogP contribution is 2.18. The number of benzene rings is 1. The Balaban J connectivity index is 2.17. The van der Waals surface area contributed by atoms with Gasteiger partial charge in [0.1, 0.15) is 0 Å². The fraction of sp³-hybridized carbons (Fsp3) is 0.500. The summed E-state index contributed by atoms with van der Waals surface area (Å²) in [6, 6.07) is 8.06. The number of nitrogens with zero attached hydrogens (tertiary/aromatic N) is 3. The summed E-state index contributed by atoms with van der Waals surface area (Å²) in [6.07, 6.45) is 0.733. The van der Waals surface area contributed by atoms with Gasteiger partial charge < -0.3 is 5.11 Å². The quantitative estimate of drug-likeness (QED) is 0.861. The van der Waals surface area contributed by atoms with Gasteiger partial charge in [0.05, 0.1) is 23.1 Å². The minimum Gasteiger partial charge on any atom is -0.395 e. The highest BCUT2D eigenvalue weighted by atomic mass is 32.2. The Hall–Kier alpha value is -1.46. The van der Waals surface area contributed by atoms with Crippen LogP contribution in [0.15, 0.2) is 29.2 Å². The molecule has 0 aromatic heterocycles. The zero-order chi connectivity index (χ0) is 15.3. The third kappa shape index (κ3) is 3.80. The molecule has 21 heavy (non-hydrogen) atoms. The number of hydrogen-bond acceptors (Lipinski definition) is 5. The minimum atomic E-state index is -3.56. The molecule has 0 aliphatic carbocycles. The maximum absolute atomic E-state index is 12.6. The van der Waals surface area contributed by atoms with E-state index >= 15 is 0 Å². The SMILES string of the molecule is N#Cc1cccc(S(=O)(=O)N2CCCN(CCO)CC2)c1. The van der Waals surface area contributed by atoms with Gasteiger partial charge in [-0.2, -0.15) is 9.57 Å². The third-order valence-corrected chi connectivity index (χ3v) is 5.46. The zero-order valence-electron chi connectivity index (χ0n) is 11.8. The largest absolute Gasteiger partial charge is 0.395 e. The lowest BCUT2D eigenvalue weighted by Gasteiger charge is -2.21. The molecule has 1 aliphatic heterocycles. The smallest absolute Gasteiger partial charge is 0.243 e. The Morgan fingerprint density at radius 2 is 2.05 bits per heavy atom. The van der Waals surface area contributed by atoms with Crippen LogP contribution in [0.4, 0.5) is 0 Å². The molecule has 0 bridgehead atoms. The molecule has 1 N–H and O–H groups in total. The number of sulfonamides is 1. The molecule has 1 aromatic rings. The van der Waals surface area contributed by atoms with Gasteiger partial charge in [0.25, 0.3) is 0 Å². The fourth-order valence-electron chi connectivity index (χ4n) is 2.43. The zero-order valence-corrected chi connectivity index (χ0v) is 12.6. The lowest BCUT2D eigenvalue weighted by Crippen LogP contribution is -2.35. The monoisotopic (exact) mass is 309 g/mol. The summed E-state index contributed by atoms with van der Waals surface area (Å²) >= 11 is 0. The third-order valence-electron chi connectivity index (χ3n) is 3.56. The first kappa shape index (κ1) is 15.9. The van der Waals surface area contributed by atoms with Gasteiger partial charge in [0.2, 0.25) is 10.0 Å². The highest BCUT2D eigenvalue weighted by Gasteiger charge is 2.26. The Labute approximate surface area is 125 Å². The van der Waals surface area contributed by atoms with Crippen molar-refractivity contribution in [3.8, 4) is 6.07 Å². The van der Waals surface area contributed by atoms with Crippen LogP contribution in [0.3, 0.4) is 0 Å². The van der Waals surface area contributed by atoms with E-state index in [0.29, 0.717) is 31.7 Å². The van der Waals surface area contributed by atoms with Crippen LogP contribution in [0, 0.1) is 11.3 Å². The van der Waals surface area contributed by atoms with Crippen LogP contribution in [0.1, 0.15) is 12.0 Å². The van der Waals surface area contributed by atoms with Gasteiger partial charge in [-0.25, -0.2) is 8.42 Å². The molecule has 0 spiro atoms. The van der Waals surface area contributed by atoms with Crippen LogP contribution in [0.2, 0.25) is 0 Å². The molecule has 1 aromatic carbocycles. The van der Waals surface area contributed by atoms with Gasteiger partial charge >= 0.3 is 0 Å². The first-order valence-electron chi connectivity index (χ1n) is 6.91. The number of aliphatic hydroxyl groups excluding tert-OH is 1. The summed E-state index contributed by atoms with van der Waals surface area (Å²) in [6.45, 7) is 2.90. The van der Waals surface area contributed by atoms with E-state index in [1.165, 1.54) is 16.4 Å². The van der Waals surface area contributed by atoms with E-state index in [-0.39, 0.29) is 11.5 Å². The second-order valence-electron chi connectivity index (χ2n) is 4.96. The lowest BCUT2D eigenvalue weighted by atomic mass is 10.2. The summed E-state index contributed by atoms with van der Waals surface area (Å²) in [5.41, 5.74) is 0.341. The second-order valence-corrected chi connectivity index (χ2v) is 6.90. The maximum Gasteiger partial charge on any atom is 0.243 e. The predicted octanol–water partition coefficient (Wildman–Crippen LogP) is 0.247. The summed E-state index contributed by atoms with van der Waals surface area (Å²) in [5.74, 6) is 0. The fourth-order valence-corrected chi connectivity index (χ4v) is 3.94. The van der Waals surface area contributed by atoms with Crippen molar-refractivity contribution in [1.29, 1.82) is 5.26 Å². The van der Waals surface area contributed by atoms with Crippen molar-refractivity contribution in [3.05, 3.63) is 29.8 Å². The average Bonchev–Trinajstić information content (AvgIpc) is 2.74. The summed E-state index contributed by atoms with van der Waals surface area (Å²) in [7, 11) is -3.56. The van der Waals surface area contributed by atoms with Crippen LogP contribution in [0.25, 0.3) is 0 Å². The number of aliphatic hydroxyl groups is 1. The Bertz CT molecular complexity index is 625. The molecule has 0 atom stereocenters. The molecule has 2 rings (SSSR count). The molecule has 0 saturated carbocycles. The summed E-state index contributed by atoms with van der Waals surface area (Å²) < 4.78 is 26.7. The Morgan fingerprint density at radius 3 is 2.76 bits per heavy atom. The molecule has 0 amide bonds. The van der Waals surface area contributed by atoms with E-state index in [1.54, 1.807) is 12.1 Å². The van der Waals surface area contributed by atoms with Crippen molar-refractivity contribution in [2.24, 2.45) is 0 Å².